The Morgan fingerprint density at radius 1 is 0.333 bits per heavy atom. The second-order valence-electron chi connectivity index (χ2n) is 31.8. The van der Waals surface area contributed by atoms with E-state index in [0.717, 1.165) is 72.6 Å². The van der Waals surface area contributed by atoms with Gasteiger partial charge in [0, 0.05) is 0 Å². The fraction of sp³-hybridized carbons (Fsp3) is 0.723. The monoisotopic (exact) mass is 1760 g/mol. The Hall–Kier alpha value is -1.56. The van der Waals surface area contributed by atoms with Crippen molar-refractivity contribution < 1.29 is 0 Å². The van der Waals surface area contributed by atoms with Gasteiger partial charge in [-0.3, -0.25) is 0 Å². The molecule has 0 spiro atoms. The molecule has 0 aliphatic rings. The minimum Gasteiger partial charge on any atom is -0.0654 e. The van der Waals surface area contributed by atoms with Gasteiger partial charge in [0.15, 0.2) is 0 Å². The van der Waals surface area contributed by atoms with E-state index in [1.807, 2.05) is 0 Å². The zero-order valence-corrected chi connectivity index (χ0v) is 75.4. The van der Waals surface area contributed by atoms with Crippen LogP contribution in [0.4, 0.5) is 0 Å². The molecule has 0 aromatic carbocycles. The van der Waals surface area contributed by atoms with E-state index in [1.54, 1.807) is 23.6 Å². The molecule has 574 valence electrons. The first-order valence-electron chi connectivity index (χ1n) is 44.0. The van der Waals surface area contributed by atoms with Crippen LogP contribution < -0.4 is 11.1 Å². The van der Waals surface area contributed by atoms with Crippen LogP contribution in [-0.2, 0) is 25.9 Å². The van der Waals surface area contributed by atoms with Gasteiger partial charge in [-0.05, 0) is 0 Å². The van der Waals surface area contributed by atoms with Gasteiger partial charge in [0.05, 0.1) is 0 Å². The van der Waals surface area contributed by atoms with Crippen molar-refractivity contribution in [2.24, 2.45) is 11.8 Å². The third-order valence-corrected chi connectivity index (χ3v) is 34.5. The quantitative estimate of drug-likeness (QED) is 0.0282. The molecule has 0 aliphatic carbocycles. The smallest absolute Gasteiger partial charge is 0.0654 e. The standard InChI is InChI=1S/C94H152N2O2Se2Te2/c1-9-15-21-27-31-35-37-41-45-49-59-79(57-47-43-39-33-29-23-17-11-3)61-53-55-71-95-88-76-86(90-69-70-91(102-90)92-82(64-52-26-20-14-6)74-84(100-92)67-66-83-73-81(78(8)99-83)63-51-25-19-13-5)94(98)96(87(88)75-85(93(95)97)89-68-65-77(7)101-89)72-56-54-62-80(58-48-44-40-34-30-24-18-12-4)60-50-46-42-38-36-32-28-22-16-10-2/h65-70,73-76,79-80H,9-64,71-72H2,1-8H3/b67-66+. The Morgan fingerprint density at radius 2 is 0.637 bits per heavy atom. The van der Waals surface area contributed by atoms with Crippen molar-refractivity contribution in [3.05, 3.63) is 97.3 Å². The van der Waals surface area contributed by atoms with E-state index in [1.165, 1.54) is 347 Å². The summed E-state index contributed by atoms with van der Waals surface area (Å²) < 4.78 is 16.2. The fourth-order valence-electron chi connectivity index (χ4n) is 16.2. The van der Waals surface area contributed by atoms with Crippen LogP contribution >= 0.6 is 0 Å². The summed E-state index contributed by atoms with van der Waals surface area (Å²) in [5.74, 6) is 1.54. The number of unbranched alkanes of at least 4 members (excludes halogenated alkanes) is 40. The van der Waals surface area contributed by atoms with E-state index < -0.39 is 40.9 Å². The molecule has 8 heteroatoms. The number of aromatic nitrogens is 2. The first kappa shape index (κ1) is 89.3. The third-order valence-electron chi connectivity index (χ3n) is 22.7. The van der Waals surface area contributed by atoms with Gasteiger partial charge in [0.2, 0.25) is 0 Å². The summed E-state index contributed by atoms with van der Waals surface area (Å²) in [5, 5.41) is 0. The Morgan fingerprint density at radius 3 is 1.01 bits per heavy atom. The number of aryl methyl sites for hydroxylation is 6. The average Bonchev–Trinajstić information content (AvgIpc) is 1.20. The van der Waals surface area contributed by atoms with Gasteiger partial charge < -0.3 is 0 Å². The first-order chi connectivity index (χ1) is 50.1. The summed E-state index contributed by atoms with van der Waals surface area (Å²) in [6.07, 6.45) is 80.0. The van der Waals surface area contributed by atoms with E-state index in [4.69, 9.17) is 0 Å². The molecule has 0 amide bonds. The van der Waals surface area contributed by atoms with Crippen LogP contribution in [0.5, 0.6) is 0 Å². The van der Waals surface area contributed by atoms with Crippen molar-refractivity contribution in [2.45, 2.75) is 428 Å². The van der Waals surface area contributed by atoms with Gasteiger partial charge in [-0.1, -0.05) is 207 Å². The summed E-state index contributed by atoms with van der Waals surface area (Å²) >= 11 is -0.867. The van der Waals surface area contributed by atoms with Gasteiger partial charge in [0.1, 0.15) is 0 Å². The van der Waals surface area contributed by atoms with Gasteiger partial charge in [0.25, 0.3) is 0 Å². The third kappa shape index (κ3) is 35.0. The molecule has 2 atom stereocenters. The molecule has 0 N–H and O–H groups in total. The zero-order valence-electron chi connectivity index (χ0n) is 67.3. The van der Waals surface area contributed by atoms with Gasteiger partial charge >= 0.3 is 458 Å². The molecule has 102 heavy (non-hydrogen) atoms. The molecule has 6 aromatic rings. The SMILES string of the molecule is CCCCCCCCCCCCC(CCCCCCCCCC)CCCCn1c(=O)c(-c2ccc(C)[te]2)cc2c1cc(-c1ccc(-c3[se]c(/C=C/c4cc(CCCCCC)c(C)[se]4)cc3CCCCCC)[te]1)c(=O)n2CCCCC(CCCCCCCCCC)CCCCCCCCCCCC. The Balaban J connectivity index is 1.32. The Labute approximate surface area is 659 Å². The molecule has 0 saturated heterocycles. The van der Waals surface area contributed by atoms with Crippen molar-refractivity contribution in [1.29, 1.82) is 0 Å². The number of pyridine rings is 2. The summed E-state index contributed by atoms with van der Waals surface area (Å²) in [6.45, 7) is 20.0. The van der Waals surface area contributed by atoms with Crippen LogP contribution in [0.1, 0.15) is 416 Å². The van der Waals surface area contributed by atoms with Gasteiger partial charge in [-0.2, -0.15) is 0 Å². The second kappa shape index (κ2) is 56.6. The molecule has 0 radical (unpaired) electrons. The van der Waals surface area contributed by atoms with Crippen LogP contribution in [-0.4, -0.2) is 79.0 Å². The van der Waals surface area contributed by atoms with Crippen molar-refractivity contribution in [3.8, 4) is 26.3 Å². The van der Waals surface area contributed by atoms with Crippen LogP contribution in [0.25, 0.3) is 49.5 Å². The summed E-state index contributed by atoms with van der Waals surface area (Å²) in [7, 11) is 0. The predicted octanol–water partition coefficient (Wildman–Crippen LogP) is 28.7. The van der Waals surface area contributed by atoms with Crippen LogP contribution in [0.15, 0.2) is 58.1 Å². The average molecular weight is 1760 g/mol. The van der Waals surface area contributed by atoms with Gasteiger partial charge in [-0.25, -0.2) is 0 Å². The van der Waals surface area contributed by atoms with E-state index in [2.05, 4.69) is 125 Å². The minimum absolute atomic E-state index is 0.173. The second-order valence-corrected chi connectivity index (χ2v) is 43.5. The fourth-order valence-corrected chi connectivity index (χ4v) is 26.9. The van der Waals surface area contributed by atoms with Crippen molar-refractivity contribution in [2.75, 3.05) is 0 Å². The molecule has 0 saturated carbocycles. The minimum atomic E-state index is -0.877. The summed E-state index contributed by atoms with van der Waals surface area (Å²) in [4.78, 5) is 31.6. The van der Waals surface area contributed by atoms with E-state index in [-0.39, 0.29) is 25.6 Å². The molecule has 0 fully saturated rings. The van der Waals surface area contributed by atoms with Crippen molar-refractivity contribution in [3.63, 3.8) is 0 Å². The molecular weight excluding hydrogens is 1600 g/mol. The van der Waals surface area contributed by atoms with Crippen molar-refractivity contribution >= 4 is 93.1 Å². The molecule has 0 bridgehead atoms. The molecule has 2 unspecified atom stereocenters. The number of hydrogen-bond donors (Lipinski definition) is 0. The number of hydrogen-bond acceptors (Lipinski definition) is 2. The van der Waals surface area contributed by atoms with Crippen LogP contribution in [0.2, 0.25) is 0 Å². The molecular formula is C94H152N2O2Se2Te2. The Bertz CT molecular complexity index is 3230. The first-order valence-corrected chi connectivity index (χ1v) is 52.1. The molecule has 6 aromatic heterocycles. The zero-order chi connectivity index (χ0) is 72.5. The normalized spacial score (nSPS) is 12.6. The molecule has 6 heterocycles. The van der Waals surface area contributed by atoms with Crippen LogP contribution in [0.3, 0.4) is 0 Å². The Kier molecular flexibility index (Phi) is 49.6. The maximum atomic E-state index is 16.0. The van der Waals surface area contributed by atoms with E-state index in [9.17, 15) is 0 Å². The molecule has 0 aliphatic heterocycles. The summed E-state index contributed by atoms with van der Waals surface area (Å²) in [6, 6.07) is 19.0. The van der Waals surface area contributed by atoms with Crippen molar-refractivity contribution in [1.82, 2.24) is 9.13 Å². The topological polar surface area (TPSA) is 44.0 Å². The molecule has 4 nitrogen and oxygen atoms in total. The molecule has 6 rings (SSSR count). The van der Waals surface area contributed by atoms with Gasteiger partial charge in [-0.15, -0.1) is 0 Å². The van der Waals surface area contributed by atoms with E-state index >= 15 is 9.59 Å². The van der Waals surface area contributed by atoms with E-state index in [0.29, 0.717) is 21.0 Å². The number of fused-ring (bicyclic) bond motifs is 1. The van der Waals surface area contributed by atoms with Crippen LogP contribution in [0, 0.1) is 25.7 Å². The number of nitrogens with zero attached hydrogens (tertiary/aromatic N) is 2. The number of rotatable bonds is 65. The summed E-state index contributed by atoms with van der Waals surface area (Å²) in [5.41, 5.74) is 7.28. The maximum absolute atomic E-state index is 16.0. The predicted molar refractivity (Wildman–Crippen MR) is 459 cm³/mol.